The summed E-state index contributed by atoms with van der Waals surface area (Å²) in [5.41, 5.74) is 1.50. The largest absolute Gasteiger partial charge is 0.376 e. The highest BCUT2D eigenvalue weighted by molar-refractivity contribution is 5.62. The predicted molar refractivity (Wildman–Crippen MR) is 96.6 cm³/mol. The van der Waals surface area contributed by atoms with Crippen molar-refractivity contribution in [3.05, 3.63) is 46.4 Å². The second-order valence-electron chi connectivity index (χ2n) is 7.65. The van der Waals surface area contributed by atoms with Crippen LogP contribution in [0, 0.1) is 10.1 Å². The third-order valence-electron chi connectivity index (χ3n) is 4.47. The number of rotatable bonds is 4. The molecular formula is C19H25N3O3. The monoisotopic (exact) mass is 343 g/mol. The second-order valence-corrected chi connectivity index (χ2v) is 7.65. The maximum absolute atomic E-state index is 11.0. The normalized spacial score (nSPS) is 18.3. The van der Waals surface area contributed by atoms with Gasteiger partial charge in [-0.15, -0.1) is 0 Å². The van der Waals surface area contributed by atoms with Gasteiger partial charge in [-0.3, -0.25) is 10.1 Å². The lowest BCUT2D eigenvalue weighted by atomic mass is 9.95. The van der Waals surface area contributed by atoms with Gasteiger partial charge in [0, 0.05) is 35.9 Å². The van der Waals surface area contributed by atoms with E-state index in [0.29, 0.717) is 0 Å². The molecule has 2 aromatic rings. The average molecular weight is 343 g/mol. The SMILES string of the molecule is CC(C)(C)c1nc(-c2cccc([N+](=O)[O-])c2)cn1CC1CCCCO1. The summed E-state index contributed by atoms with van der Waals surface area (Å²) < 4.78 is 8.03. The van der Waals surface area contributed by atoms with Crippen LogP contribution in [0.5, 0.6) is 0 Å². The summed E-state index contributed by atoms with van der Waals surface area (Å²) >= 11 is 0. The summed E-state index contributed by atoms with van der Waals surface area (Å²) in [4.78, 5) is 15.5. The van der Waals surface area contributed by atoms with Crippen molar-refractivity contribution in [3.8, 4) is 11.3 Å². The molecule has 1 aliphatic rings. The molecule has 2 heterocycles. The molecule has 1 atom stereocenters. The van der Waals surface area contributed by atoms with Crippen LogP contribution in [0.15, 0.2) is 30.5 Å². The summed E-state index contributed by atoms with van der Waals surface area (Å²) in [5.74, 6) is 0.975. The number of hydrogen-bond donors (Lipinski definition) is 0. The number of nitro benzene ring substituents is 1. The van der Waals surface area contributed by atoms with Crippen molar-refractivity contribution in [3.63, 3.8) is 0 Å². The topological polar surface area (TPSA) is 70.2 Å². The van der Waals surface area contributed by atoms with Crippen LogP contribution in [-0.4, -0.2) is 27.2 Å². The highest BCUT2D eigenvalue weighted by atomic mass is 16.6. The Morgan fingerprint density at radius 1 is 1.36 bits per heavy atom. The molecule has 3 rings (SSSR count). The standard InChI is InChI=1S/C19H25N3O3/c1-19(2,3)18-20-17(14-7-6-8-15(11-14)22(23)24)13-21(18)12-16-9-4-5-10-25-16/h6-8,11,13,16H,4-5,9-10,12H2,1-3H3. The maximum Gasteiger partial charge on any atom is 0.270 e. The van der Waals surface area contributed by atoms with Gasteiger partial charge < -0.3 is 9.30 Å². The van der Waals surface area contributed by atoms with Crippen LogP contribution in [0.4, 0.5) is 5.69 Å². The smallest absolute Gasteiger partial charge is 0.270 e. The van der Waals surface area contributed by atoms with Crippen molar-refractivity contribution >= 4 is 5.69 Å². The zero-order chi connectivity index (χ0) is 18.0. The molecule has 0 amide bonds. The fourth-order valence-corrected chi connectivity index (χ4v) is 3.24. The first-order valence-corrected chi connectivity index (χ1v) is 8.78. The van der Waals surface area contributed by atoms with E-state index in [2.05, 4.69) is 25.3 Å². The number of nitro groups is 1. The average Bonchev–Trinajstić information content (AvgIpc) is 3.00. The molecule has 6 nitrogen and oxygen atoms in total. The van der Waals surface area contributed by atoms with Crippen LogP contribution in [-0.2, 0) is 16.7 Å². The first kappa shape index (κ1) is 17.6. The summed E-state index contributed by atoms with van der Waals surface area (Å²) in [6.07, 6.45) is 5.60. The van der Waals surface area contributed by atoms with Gasteiger partial charge in [0.15, 0.2) is 0 Å². The van der Waals surface area contributed by atoms with Crippen molar-refractivity contribution in [2.24, 2.45) is 0 Å². The van der Waals surface area contributed by atoms with E-state index in [1.54, 1.807) is 12.1 Å². The van der Waals surface area contributed by atoms with E-state index < -0.39 is 0 Å². The van der Waals surface area contributed by atoms with Crippen molar-refractivity contribution in [2.75, 3.05) is 6.61 Å². The second kappa shape index (κ2) is 6.96. The Morgan fingerprint density at radius 2 is 2.16 bits per heavy atom. The van der Waals surface area contributed by atoms with E-state index in [1.807, 2.05) is 12.3 Å². The van der Waals surface area contributed by atoms with Crippen molar-refractivity contribution in [1.82, 2.24) is 9.55 Å². The van der Waals surface area contributed by atoms with E-state index >= 15 is 0 Å². The molecule has 0 bridgehead atoms. The minimum Gasteiger partial charge on any atom is -0.376 e. The Bertz CT molecular complexity index is 756. The Morgan fingerprint density at radius 3 is 2.80 bits per heavy atom. The first-order chi connectivity index (χ1) is 11.8. The van der Waals surface area contributed by atoms with Gasteiger partial charge in [-0.25, -0.2) is 4.98 Å². The number of imidazole rings is 1. The maximum atomic E-state index is 11.0. The summed E-state index contributed by atoms with van der Waals surface area (Å²) in [6.45, 7) is 7.98. The molecule has 1 unspecified atom stereocenters. The van der Waals surface area contributed by atoms with Gasteiger partial charge in [-0.05, 0) is 19.3 Å². The van der Waals surface area contributed by atoms with Crippen LogP contribution in [0.3, 0.4) is 0 Å². The van der Waals surface area contributed by atoms with Gasteiger partial charge in [0.2, 0.25) is 0 Å². The molecule has 0 saturated carbocycles. The molecular weight excluding hydrogens is 318 g/mol. The molecule has 25 heavy (non-hydrogen) atoms. The molecule has 1 aromatic heterocycles. The lowest BCUT2D eigenvalue weighted by Gasteiger charge is -2.26. The Labute approximate surface area is 148 Å². The summed E-state index contributed by atoms with van der Waals surface area (Å²) in [5, 5.41) is 11.0. The van der Waals surface area contributed by atoms with Gasteiger partial charge in [0.05, 0.1) is 23.3 Å². The summed E-state index contributed by atoms with van der Waals surface area (Å²) in [6, 6.07) is 6.65. The number of benzene rings is 1. The lowest BCUT2D eigenvalue weighted by Crippen LogP contribution is -2.27. The van der Waals surface area contributed by atoms with E-state index in [9.17, 15) is 10.1 Å². The molecule has 1 saturated heterocycles. The van der Waals surface area contributed by atoms with E-state index in [4.69, 9.17) is 9.72 Å². The Kier molecular flexibility index (Phi) is 4.90. The highest BCUT2D eigenvalue weighted by Gasteiger charge is 2.25. The van der Waals surface area contributed by atoms with Crippen LogP contribution in [0.2, 0.25) is 0 Å². The zero-order valence-corrected chi connectivity index (χ0v) is 15.1. The number of hydrogen-bond acceptors (Lipinski definition) is 4. The molecule has 0 radical (unpaired) electrons. The molecule has 6 heteroatoms. The van der Waals surface area contributed by atoms with E-state index in [0.717, 1.165) is 43.1 Å². The van der Waals surface area contributed by atoms with Crippen LogP contribution < -0.4 is 0 Å². The van der Waals surface area contributed by atoms with Crippen molar-refractivity contribution < 1.29 is 9.66 Å². The molecule has 0 spiro atoms. The fourth-order valence-electron chi connectivity index (χ4n) is 3.24. The first-order valence-electron chi connectivity index (χ1n) is 8.78. The highest BCUT2D eigenvalue weighted by Crippen LogP contribution is 2.29. The zero-order valence-electron chi connectivity index (χ0n) is 15.1. The van der Waals surface area contributed by atoms with Crippen LogP contribution >= 0.6 is 0 Å². The Balaban J connectivity index is 1.95. The molecule has 1 aromatic carbocycles. The number of ether oxygens (including phenoxy) is 1. The van der Waals surface area contributed by atoms with Gasteiger partial charge in [0.1, 0.15) is 5.82 Å². The van der Waals surface area contributed by atoms with Crippen LogP contribution in [0.1, 0.15) is 45.9 Å². The fraction of sp³-hybridized carbons (Fsp3) is 0.526. The van der Waals surface area contributed by atoms with Crippen molar-refractivity contribution in [2.45, 2.75) is 58.1 Å². The predicted octanol–water partition coefficient (Wildman–Crippen LogP) is 4.32. The van der Waals surface area contributed by atoms with Gasteiger partial charge in [0.25, 0.3) is 5.69 Å². The lowest BCUT2D eigenvalue weighted by molar-refractivity contribution is -0.384. The van der Waals surface area contributed by atoms with Gasteiger partial charge in [-0.2, -0.15) is 0 Å². The quantitative estimate of drug-likeness (QED) is 0.612. The third-order valence-corrected chi connectivity index (χ3v) is 4.47. The minimum atomic E-state index is -0.374. The number of aromatic nitrogens is 2. The van der Waals surface area contributed by atoms with Crippen LogP contribution in [0.25, 0.3) is 11.3 Å². The van der Waals surface area contributed by atoms with E-state index in [1.165, 1.54) is 12.5 Å². The van der Waals surface area contributed by atoms with Crippen molar-refractivity contribution in [1.29, 1.82) is 0 Å². The van der Waals surface area contributed by atoms with E-state index in [-0.39, 0.29) is 22.1 Å². The molecule has 134 valence electrons. The molecule has 0 aliphatic carbocycles. The molecule has 1 aliphatic heterocycles. The van der Waals surface area contributed by atoms with Gasteiger partial charge in [-0.1, -0.05) is 32.9 Å². The number of non-ortho nitro benzene ring substituents is 1. The third kappa shape index (κ3) is 4.07. The molecule has 0 N–H and O–H groups in total. The minimum absolute atomic E-state index is 0.0833. The molecule has 1 fully saturated rings. The summed E-state index contributed by atoms with van der Waals surface area (Å²) in [7, 11) is 0. The number of nitrogens with zero attached hydrogens (tertiary/aromatic N) is 3. The Hall–Kier alpha value is -2.21. The van der Waals surface area contributed by atoms with Gasteiger partial charge >= 0.3 is 0 Å².